The molecule has 2 heterocycles. The molecule has 6 nitrogen and oxygen atoms in total. The van der Waals surface area contributed by atoms with E-state index in [0.29, 0.717) is 22.4 Å². The summed E-state index contributed by atoms with van der Waals surface area (Å²) in [7, 11) is 0. The molecule has 0 bridgehead atoms. The van der Waals surface area contributed by atoms with Gasteiger partial charge in [0, 0.05) is 16.0 Å². The van der Waals surface area contributed by atoms with Crippen molar-refractivity contribution in [1.29, 1.82) is 0 Å². The highest BCUT2D eigenvalue weighted by Gasteiger charge is 2.18. The highest BCUT2D eigenvalue weighted by atomic mass is 35.5. The highest BCUT2D eigenvalue weighted by molar-refractivity contribution is 7.07. The van der Waals surface area contributed by atoms with Crippen LogP contribution in [0.5, 0.6) is 0 Å². The zero-order valence-corrected chi connectivity index (χ0v) is 13.1. The van der Waals surface area contributed by atoms with Crippen molar-refractivity contribution in [3.05, 3.63) is 51.7 Å². The van der Waals surface area contributed by atoms with Crippen LogP contribution in [0.3, 0.4) is 0 Å². The van der Waals surface area contributed by atoms with Crippen molar-refractivity contribution in [1.82, 2.24) is 20.4 Å². The summed E-state index contributed by atoms with van der Waals surface area (Å²) in [5.41, 5.74) is 2.74. The normalized spacial score (nSPS) is 12.1. The van der Waals surface area contributed by atoms with E-state index >= 15 is 0 Å². The van der Waals surface area contributed by atoms with Gasteiger partial charge in [0.2, 0.25) is 0 Å². The molecular formula is C14H11ClN4O2S. The second kappa shape index (κ2) is 6.25. The van der Waals surface area contributed by atoms with Crippen molar-refractivity contribution in [2.75, 3.05) is 0 Å². The lowest BCUT2D eigenvalue weighted by atomic mass is 10.2. The predicted molar refractivity (Wildman–Crippen MR) is 82.7 cm³/mol. The van der Waals surface area contributed by atoms with Crippen molar-refractivity contribution in [3.8, 4) is 11.5 Å². The number of nitrogens with zero attached hydrogens (tertiary/aromatic N) is 3. The van der Waals surface area contributed by atoms with Crippen LogP contribution in [0.25, 0.3) is 11.5 Å². The number of benzene rings is 1. The van der Waals surface area contributed by atoms with Crippen molar-refractivity contribution in [2.45, 2.75) is 13.0 Å². The Kier molecular flexibility index (Phi) is 4.17. The Bertz CT molecular complexity index is 771. The van der Waals surface area contributed by atoms with E-state index in [4.69, 9.17) is 16.1 Å². The van der Waals surface area contributed by atoms with Crippen molar-refractivity contribution < 1.29 is 9.32 Å². The van der Waals surface area contributed by atoms with Crippen molar-refractivity contribution >= 4 is 28.8 Å². The van der Waals surface area contributed by atoms with Gasteiger partial charge in [-0.05, 0) is 31.2 Å². The van der Waals surface area contributed by atoms with Gasteiger partial charge in [0.25, 0.3) is 11.8 Å². The molecule has 0 fully saturated rings. The number of halogens is 1. The van der Waals surface area contributed by atoms with Crippen LogP contribution >= 0.6 is 22.9 Å². The van der Waals surface area contributed by atoms with Crippen LogP contribution in [0.4, 0.5) is 0 Å². The summed E-state index contributed by atoms with van der Waals surface area (Å²) in [6.07, 6.45) is 0. The minimum atomic E-state index is -0.390. The second-order valence-corrected chi connectivity index (χ2v) is 5.69. The molecule has 0 spiro atoms. The van der Waals surface area contributed by atoms with E-state index in [1.54, 1.807) is 42.1 Å². The van der Waals surface area contributed by atoms with Gasteiger partial charge in [0.05, 0.1) is 11.6 Å². The van der Waals surface area contributed by atoms with E-state index in [2.05, 4.69) is 20.4 Å². The quantitative estimate of drug-likeness (QED) is 0.791. The molecule has 0 aliphatic carbocycles. The first-order valence-electron chi connectivity index (χ1n) is 6.42. The number of amides is 1. The number of hydrogen-bond donors (Lipinski definition) is 1. The zero-order chi connectivity index (χ0) is 15.5. The van der Waals surface area contributed by atoms with Crippen LogP contribution < -0.4 is 5.32 Å². The number of nitrogens with one attached hydrogen (secondary N) is 1. The van der Waals surface area contributed by atoms with Gasteiger partial charge in [-0.25, -0.2) is 4.98 Å². The van der Waals surface area contributed by atoms with Crippen molar-refractivity contribution in [2.24, 2.45) is 0 Å². The lowest BCUT2D eigenvalue weighted by Crippen LogP contribution is -2.27. The molecule has 0 aliphatic rings. The Hall–Kier alpha value is -2.25. The fraction of sp³-hybridized carbons (Fsp3) is 0.143. The smallest absolute Gasteiger partial charge is 0.271 e. The van der Waals surface area contributed by atoms with Crippen LogP contribution in [0.1, 0.15) is 29.3 Å². The Balaban J connectivity index is 1.73. The van der Waals surface area contributed by atoms with Crippen LogP contribution in [-0.4, -0.2) is 21.0 Å². The zero-order valence-electron chi connectivity index (χ0n) is 11.5. The Morgan fingerprint density at radius 1 is 1.36 bits per heavy atom. The van der Waals surface area contributed by atoms with Gasteiger partial charge in [-0.15, -0.1) is 11.3 Å². The van der Waals surface area contributed by atoms with E-state index in [-0.39, 0.29) is 11.9 Å². The summed E-state index contributed by atoms with van der Waals surface area (Å²) in [5, 5.41) is 8.98. The van der Waals surface area contributed by atoms with E-state index in [1.165, 1.54) is 11.3 Å². The molecule has 3 aromatic rings. The lowest BCUT2D eigenvalue weighted by Gasteiger charge is -2.07. The summed E-state index contributed by atoms with van der Waals surface area (Å²) in [6.45, 7) is 1.78. The van der Waals surface area contributed by atoms with E-state index in [9.17, 15) is 4.79 Å². The van der Waals surface area contributed by atoms with Gasteiger partial charge >= 0.3 is 0 Å². The molecule has 1 N–H and O–H groups in total. The van der Waals surface area contributed by atoms with E-state index in [0.717, 1.165) is 5.56 Å². The first-order valence-corrected chi connectivity index (χ1v) is 7.74. The van der Waals surface area contributed by atoms with Crippen LogP contribution in [-0.2, 0) is 0 Å². The molecule has 22 heavy (non-hydrogen) atoms. The third-order valence-corrected chi connectivity index (χ3v) is 3.77. The summed E-state index contributed by atoms with van der Waals surface area (Å²) in [4.78, 5) is 20.2. The average Bonchev–Trinajstić information content (AvgIpc) is 3.20. The topological polar surface area (TPSA) is 80.9 Å². The molecule has 0 saturated heterocycles. The molecular weight excluding hydrogens is 324 g/mol. The van der Waals surface area contributed by atoms with E-state index in [1.807, 2.05) is 0 Å². The first kappa shape index (κ1) is 14.7. The lowest BCUT2D eigenvalue weighted by molar-refractivity contribution is 0.0933. The SMILES string of the molecule is C[C@@H](NC(=O)c1cscn1)c1noc(-c2ccc(Cl)cc2)n1. The molecule has 1 aromatic carbocycles. The summed E-state index contributed by atoms with van der Waals surface area (Å²) >= 11 is 7.20. The van der Waals surface area contributed by atoms with Gasteiger partial charge < -0.3 is 9.84 Å². The number of rotatable bonds is 4. The van der Waals surface area contributed by atoms with Gasteiger partial charge in [0.15, 0.2) is 5.82 Å². The molecule has 0 unspecified atom stereocenters. The Labute approximate surface area is 135 Å². The second-order valence-electron chi connectivity index (χ2n) is 4.53. The molecule has 0 saturated carbocycles. The van der Waals surface area contributed by atoms with Gasteiger partial charge in [-0.3, -0.25) is 4.79 Å². The predicted octanol–water partition coefficient (Wildman–Crippen LogP) is 3.34. The monoisotopic (exact) mass is 334 g/mol. The summed E-state index contributed by atoms with van der Waals surface area (Å²) in [5.74, 6) is 0.501. The molecule has 3 rings (SSSR count). The number of aromatic nitrogens is 3. The molecule has 1 atom stereocenters. The standard InChI is InChI=1S/C14H11ClN4O2S/c1-8(17-13(20)11-6-22-7-16-11)12-18-14(21-19-12)9-2-4-10(15)5-3-9/h2-8H,1H3,(H,17,20)/t8-/m1/s1. The molecule has 0 aliphatic heterocycles. The average molecular weight is 335 g/mol. The molecule has 2 aromatic heterocycles. The third kappa shape index (κ3) is 3.15. The van der Waals surface area contributed by atoms with Crippen LogP contribution in [0, 0.1) is 0 Å². The third-order valence-electron chi connectivity index (χ3n) is 2.93. The van der Waals surface area contributed by atoms with E-state index < -0.39 is 0 Å². The first-order chi connectivity index (χ1) is 10.6. The molecule has 112 valence electrons. The fourth-order valence-corrected chi connectivity index (χ4v) is 2.44. The maximum atomic E-state index is 11.9. The highest BCUT2D eigenvalue weighted by Crippen LogP contribution is 2.21. The van der Waals surface area contributed by atoms with Crippen LogP contribution in [0.15, 0.2) is 39.7 Å². The molecule has 8 heteroatoms. The minimum absolute atomic E-state index is 0.272. The largest absolute Gasteiger partial charge is 0.341 e. The molecule has 1 amide bonds. The maximum absolute atomic E-state index is 11.9. The minimum Gasteiger partial charge on any atom is -0.341 e. The number of hydrogen-bond acceptors (Lipinski definition) is 6. The molecule has 0 radical (unpaired) electrons. The summed E-state index contributed by atoms with van der Waals surface area (Å²) < 4.78 is 5.21. The number of carbonyl (C=O) groups is 1. The maximum Gasteiger partial charge on any atom is 0.271 e. The Morgan fingerprint density at radius 2 is 2.14 bits per heavy atom. The summed E-state index contributed by atoms with van der Waals surface area (Å²) in [6, 6.07) is 6.68. The number of thiazole rings is 1. The van der Waals surface area contributed by atoms with Crippen LogP contribution in [0.2, 0.25) is 5.02 Å². The van der Waals surface area contributed by atoms with Gasteiger partial charge in [0.1, 0.15) is 5.69 Å². The van der Waals surface area contributed by atoms with Gasteiger partial charge in [-0.2, -0.15) is 4.98 Å². The van der Waals surface area contributed by atoms with Crippen molar-refractivity contribution in [3.63, 3.8) is 0 Å². The number of carbonyl (C=O) groups excluding carboxylic acids is 1. The fourth-order valence-electron chi connectivity index (χ4n) is 1.78. The Morgan fingerprint density at radius 3 is 2.82 bits per heavy atom. The van der Waals surface area contributed by atoms with Gasteiger partial charge in [-0.1, -0.05) is 16.8 Å².